The molecule has 6 nitrogen and oxygen atoms in total. The predicted octanol–water partition coefficient (Wildman–Crippen LogP) is 5.10. The number of nitrogens with one attached hydrogen (secondary N) is 2. The first-order chi connectivity index (χ1) is 15.7. The maximum atomic E-state index is 12.7. The van der Waals surface area contributed by atoms with Crippen LogP contribution in [0, 0.1) is 0 Å². The highest BCUT2D eigenvalue weighted by atomic mass is 35.5. The van der Waals surface area contributed by atoms with Crippen molar-refractivity contribution in [3.8, 4) is 11.1 Å². The molecule has 1 amide bonds. The molecule has 0 spiro atoms. The number of hydrogen-bond donors (Lipinski definition) is 2. The zero-order valence-electron chi connectivity index (χ0n) is 17.3. The summed E-state index contributed by atoms with van der Waals surface area (Å²) >= 11 is 6.03. The summed E-state index contributed by atoms with van der Waals surface area (Å²) in [5.74, 6) is 0.0739. The second-order valence-electron chi connectivity index (χ2n) is 7.06. The molecule has 0 saturated heterocycles. The highest BCUT2D eigenvalue weighted by molar-refractivity contribution is 6.31. The maximum Gasteiger partial charge on any atom is 0.258 e. The van der Waals surface area contributed by atoms with Gasteiger partial charge in [0.1, 0.15) is 0 Å². The SMILES string of the molecule is O=C(NC(=NCCn1ccnc1)Nc1ccc(-c2ccccc2)cc1)c1cccc(Cl)c1. The Balaban J connectivity index is 1.49. The van der Waals surface area contributed by atoms with E-state index in [-0.39, 0.29) is 5.91 Å². The monoisotopic (exact) mass is 443 g/mol. The van der Waals surface area contributed by atoms with E-state index in [0.29, 0.717) is 29.6 Å². The summed E-state index contributed by atoms with van der Waals surface area (Å²) in [4.78, 5) is 21.3. The molecule has 0 fully saturated rings. The molecule has 4 aromatic rings. The zero-order chi connectivity index (χ0) is 22.2. The maximum absolute atomic E-state index is 12.7. The normalized spacial score (nSPS) is 11.2. The number of benzene rings is 3. The van der Waals surface area contributed by atoms with Gasteiger partial charge >= 0.3 is 0 Å². The molecule has 0 aliphatic carbocycles. The summed E-state index contributed by atoms with van der Waals surface area (Å²) in [5, 5.41) is 6.57. The van der Waals surface area contributed by atoms with Crippen molar-refractivity contribution in [2.24, 2.45) is 4.99 Å². The third kappa shape index (κ3) is 5.83. The molecule has 1 aromatic heterocycles. The molecule has 3 aromatic carbocycles. The molecular weight excluding hydrogens is 422 g/mol. The molecule has 160 valence electrons. The minimum absolute atomic E-state index is 0.290. The van der Waals surface area contributed by atoms with Crippen molar-refractivity contribution in [1.29, 1.82) is 0 Å². The molecule has 0 saturated carbocycles. The molecule has 0 aliphatic heterocycles. The van der Waals surface area contributed by atoms with Crippen LogP contribution in [0.25, 0.3) is 11.1 Å². The van der Waals surface area contributed by atoms with E-state index in [9.17, 15) is 4.79 Å². The van der Waals surface area contributed by atoms with Crippen LogP contribution in [-0.2, 0) is 6.54 Å². The Morgan fingerprint density at radius 1 is 0.969 bits per heavy atom. The lowest BCUT2D eigenvalue weighted by molar-refractivity contribution is 0.0977. The van der Waals surface area contributed by atoms with Crippen molar-refractivity contribution in [3.05, 3.63) is 108 Å². The van der Waals surface area contributed by atoms with Crippen molar-refractivity contribution in [1.82, 2.24) is 14.9 Å². The summed E-state index contributed by atoms with van der Waals surface area (Å²) in [7, 11) is 0. The number of carbonyl (C=O) groups is 1. The van der Waals surface area contributed by atoms with Gasteiger partial charge in [-0.2, -0.15) is 0 Å². The van der Waals surface area contributed by atoms with Crippen LogP contribution in [0.2, 0.25) is 5.02 Å². The van der Waals surface area contributed by atoms with Crippen LogP contribution < -0.4 is 10.6 Å². The van der Waals surface area contributed by atoms with Gasteiger partial charge in [0.05, 0.1) is 12.9 Å². The molecular formula is C25H22ClN5O. The van der Waals surface area contributed by atoms with Gasteiger partial charge in [0.2, 0.25) is 5.96 Å². The highest BCUT2D eigenvalue weighted by Gasteiger charge is 2.10. The standard InChI is InChI=1S/C25H22ClN5O/c26-22-8-4-7-21(17-22)24(32)30-25(28-14-16-31-15-13-27-18-31)29-23-11-9-20(10-12-23)19-5-2-1-3-6-19/h1-13,15,17-18H,14,16H2,(H2,28,29,30,32). The van der Waals surface area contributed by atoms with Crippen molar-refractivity contribution in [2.45, 2.75) is 6.54 Å². The van der Waals surface area contributed by atoms with Gasteiger partial charge in [-0.3, -0.25) is 15.1 Å². The first-order valence-electron chi connectivity index (χ1n) is 10.2. The lowest BCUT2D eigenvalue weighted by Gasteiger charge is -2.13. The molecule has 0 atom stereocenters. The third-order valence-electron chi connectivity index (χ3n) is 4.76. The van der Waals surface area contributed by atoms with E-state index in [1.54, 1.807) is 36.8 Å². The van der Waals surface area contributed by atoms with E-state index < -0.39 is 0 Å². The molecule has 0 unspecified atom stereocenters. The minimum Gasteiger partial charge on any atom is -0.336 e. The van der Waals surface area contributed by atoms with Crippen LogP contribution in [-0.4, -0.2) is 28.0 Å². The largest absolute Gasteiger partial charge is 0.336 e. The summed E-state index contributed by atoms with van der Waals surface area (Å²) in [6.07, 6.45) is 5.32. The van der Waals surface area contributed by atoms with Crippen LogP contribution in [0.1, 0.15) is 10.4 Å². The fraction of sp³-hybridized carbons (Fsp3) is 0.0800. The van der Waals surface area contributed by atoms with E-state index >= 15 is 0 Å². The number of aromatic nitrogens is 2. The number of carbonyl (C=O) groups excluding carboxylic acids is 1. The average Bonchev–Trinajstić information content (AvgIpc) is 3.34. The van der Waals surface area contributed by atoms with Crippen molar-refractivity contribution < 1.29 is 4.79 Å². The van der Waals surface area contributed by atoms with E-state index in [4.69, 9.17) is 11.6 Å². The molecule has 1 heterocycles. The second-order valence-corrected chi connectivity index (χ2v) is 7.50. The van der Waals surface area contributed by atoms with Crippen molar-refractivity contribution in [3.63, 3.8) is 0 Å². The number of imidazole rings is 1. The molecule has 0 aliphatic rings. The third-order valence-corrected chi connectivity index (χ3v) is 5.00. The molecule has 2 N–H and O–H groups in total. The van der Waals surface area contributed by atoms with Crippen LogP contribution >= 0.6 is 11.6 Å². The molecule has 0 radical (unpaired) electrons. The van der Waals surface area contributed by atoms with Gasteiger partial charge in [0.15, 0.2) is 0 Å². The number of aliphatic imine (C=N–C) groups is 1. The number of amides is 1. The van der Waals surface area contributed by atoms with Gasteiger partial charge < -0.3 is 9.88 Å². The Hall–Kier alpha value is -3.90. The lowest BCUT2D eigenvalue weighted by Crippen LogP contribution is -2.36. The second kappa shape index (κ2) is 10.4. The van der Waals surface area contributed by atoms with Crippen LogP contribution in [0.5, 0.6) is 0 Å². The topological polar surface area (TPSA) is 71.3 Å². The Kier molecular flexibility index (Phi) is 6.94. The number of halogens is 1. The Labute approximate surface area is 191 Å². The molecule has 7 heteroatoms. The number of rotatable bonds is 6. The number of guanidine groups is 1. The van der Waals surface area contributed by atoms with E-state index in [2.05, 4.69) is 32.7 Å². The summed E-state index contributed by atoms with van der Waals surface area (Å²) in [6.45, 7) is 1.11. The summed E-state index contributed by atoms with van der Waals surface area (Å²) in [6, 6.07) is 24.9. The zero-order valence-corrected chi connectivity index (χ0v) is 18.0. The molecule has 32 heavy (non-hydrogen) atoms. The lowest BCUT2D eigenvalue weighted by atomic mass is 10.1. The quantitative estimate of drug-likeness (QED) is 0.321. The Morgan fingerprint density at radius 2 is 1.75 bits per heavy atom. The first-order valence-corrected chi connectivity index (χ1v) is 10.5. The van der Waals surface area contributed by atoms with Gasteiger partial charge in [-0.15, -0.1) is 0 Å². The van der Waals surface area contributed by atoms with E-state index in [0.717, 1.165) is 16.8 Å². The van der Waals surface area contributed by atoms with Gasteiger partial charge in [-0.05, 0) is 41.5 Å². The van der Waals surface area contributed by atoms with Gasteiger partial charge in [0, 0.05) is 35.2 Å². The van der Waals surface area contributed by atoms with Crippen LogP contribution in [0.4, 0.5) is 5.69 Å². The highest BCUT2D eigenvalue weighted by Crippen LogP contribution is 2.21. The summed E-state index contributed by atoms with van der Waals surface area (Å²) < 4.78 is 1.93. The fourth-order valence-electron chi connectivity index (χ4n) is 3.13. The minimum atomic E-state index is -0.290. The van der Waals surface area contributed by atoms with Gasteiger partial charge in [-0.25, -0.2) is 4.98 Å². The first kappa shape index (κ1) is 21.3. The van der Waals surface area contributed by atoms with Gasteiger partial charge in [0.25, 0.3) is 5.91 Å². The van der Waals surface area contributed by atoms with E-state index in [1.165, 1.54) is 0 Å². The van der Waals surface area contributed by atoms with Crippen LogP contribution in [0.15, 0.2) is 103 Å². The number of nitrogens with zero attached hydrogens (tertiary/aromatic N) is 3. The Bertz CT molecular complexity index is 1190. The summed E-state index contributed by atoms with van der Waals surface area (Å²) in [5.41, 5.74) is 3.53. The predicted molar refractivity (Wildman–Crippen MR) is 129 cm³/mol. The molecule has 4 rings (SSSR count). The number of hydrogen-bond acceptors (Lipinski definition) is 3. The van der Waals surface area contributed by atoms with E-state index in [1.807, 2.05) is 53.2 Å². The fourth-order valence-corrected chi connectivity index (χ4v) is 3.32. The van der Waals surface area contributed by atoms with Crippen LogP contribution in [0.3, 0.4) is 0 Å². The smallest absolute Gasteiger partial charge is 0.258 e. The Morgan fingerprint density at radius 3 is 2.47 bits per heavy atom. The molecule has 0 bridgehead atoms. The average molecular weight is 444 g/mol. The van der Waals surface area contributed by atoms with Gasteiger partial charge in [-0.1, -0.05) is 60.1 Å². The number of anilines is 1. The van der Waals surface area contributed by atoms with Crippen molar-refractivity contribution in [2.75, 3.05) is 11.9 Å². The van der Waals surface area contributed by atoms with Crippen molar-refractivity contribution >= 4 is 29.2 Å².